The molecule has 0 aliphatic heterocycles. The van der Waals surface area contributed by atoms with Crippen molar-refractivity contribution in [2.24, 2.45) is 5.92 Å². The molecule has 7 rings (SSSR count). The van der Waals surface area contributed by atoms with E-state index in [2.05, 4.69) is 36.5 Å². The maximum Gasteiger partial charge on any atom is 0.227 e. The highest BCUT2D eigenvalue weighted by molar-refractivity contribution is 6.01. The van der Waals surface area contributed by atoms with Crippen molar-refractivity contribution < 1.29 is 9.18 Å². The quantitative estimate of drug-likeness (QED) is 0.244. The van der Waals surface area contributed by atoms with Crippen LogP contribution in [0.15, 0.2) is 79.3 Å². The molecular weight excluding hydrogens is 479 g/mol. The van der Waals surface area contributed by atoms with E-state index in [4.69, 9.17) is 0 Å². The number of halogens is 1. The van der Waals surface area contributed by atoms with Crippen LogP contribution in [-0.4, -0.2) is 31.1 Å². The molecule has 0 unspecified atom stereocenters. The van der Waals surface area contributed by atoms with Gasteiger partial charge in [0.2, 0.25) is 5.91 Å². The van der Waals surface area contributed by atoms with Crippen LogP contribution in [0.1, 0.15) is 19.3 Å². The summed E-state index contributed by atoms with van der Waals surface area (Å²) >= 11 is 0. The van der Waals surface area contributed by atoms with Crippen LogP contribution >= 0.6 is 0 Å². The minimum absolute atomic E-state index is 0.0658. The second-order valence-corrected chi connectivity index (χ2v) is 9.72. The first-order valence-corrected chi connectivity index (χ1v) is 12.6. The molecule has 1 aliphatic rings. The normalized spacial score (nSPS) is 13.6. The molecule has 2 aromatic carbocycles. The highest BCUT2D eigenvalue weighted by atomic mass is 19.1. The van der Waals surface area contributed by atoms with E-state index in [0.717, 1.165) is 74.8 Å². The Labute approximate surface area is 217 Å². The maximum atomic E-state index is 13.5. The Morgan fingerprint density at radius 2 is 1.68 bits per heavy atom. The van der Waals surface area contributed by atoms with Crippen molar-refractivity contribution in [2.75, 3.05) is 5.32 Å². The van der Waals surface area contributed by atoms with Crippen LogP contribution in [0.4, 0.5) is 10.1 Å². The molecule has 4 heterocycles. The molecule has 4 aromatic heterocycles. The Morgan fingerprint density at radius 3 is 2.50 bits per heavy atom. The van der Waals surface area contributed by atoms with Gasteiger partial charge in [-0.25, -0.2) is 4.39 Å². The summed E-state index contributed by atoms with van der Waals surface area (Å²) in [6, 6.07) is 18.3. The number of aromatic amines is 2. The van der Waals surface area contributed by atoms with E-state index in [1.54, 1.807) is 30.7 Å². The zero-order valence-corrected chi connectivity index (χ0v) is 20.3. The van der Waals surface area contributed by atoms with Gasteiger partial charge in [-0.05, 0) is 73.0 Å². The van der Waals surface area contributed by atoms with Crippen molar-refractivity contribution in [3.8, 4) is 33.8 Å². The number of H-pyrrole nitrogens is 2. The number of hydrogen-bond donors (Lipinski definition) is 3. The van der Waals surface area contributed by atoms with Crippen molar-refractivity contribution >= 4 is 33.4 Å². The average Bonchev–Trinajstić information content (AvgIpc) is 3.52. The van der Waals surface area contributed by atoms with E-state index in [9.17, 15) is 9.18 Å². The first kappa shape index (κ1) is 22.4. The smallest absolute Gasteiger partial charge is 0.227 e. The number of rotatable bonds is 5. The third kappa shape index (κ3) is 3.91. The van der Waals surface area contributed by atoms with E-state index in [-0.39, 0.29) is 17.6 Å². The van der Waals surface area contributed by atoms with E-state index in [0.29, 0.717) is 5.69 Å². The van der Waals surface area contributed by atoms with Gasteiger partial charge in [0.05, 0.1) is 28.8 Å². The second-order valence-electron chi connectivity index (χ2n) is 9.72. The summed E-state index contributed by atoms with van der Waals surface area (Å²) in [7, 11) is 0. The van der Waals surface area contributed by atoms with Gasteiger partial charge in [-0.2, -0.15) is 5.10 Å². The lowest BCUT2D eigenvalue weighted by molar-refractivity contribution is -0.122. The Balaban J connectivity index is 1.26. The van der Waals surface area contributed by atoms with E-state index >= 15 is 0 Å². The van der Waals surface area contributed by atoms with E-state index < -0.39 is 0 Å². The zero-order chi connectivity index (χ0) is 25.6. The number of carbonyl (C=O) groups excluding carboxylic acids is 1. The molecule has 1 amide bonds. The van der Waals surface area contributed by atoms with Gasteiger partial charge in [0, 0.05) is 45.7 Å². The van der Waals surface area contributed by atoms with Crippen LogP contribution in [0.3, 0.4) is 0 Å². The van der Waals surface area contributed by atoms with Crippen molar-refractivity contribution in [2.45, 2.75) is 19.3 Å². The Morgan fingerprint density at radius 1 is 0.868 bits per heavy atom. The molecule has 1 fully saturated rings. The van der Waals surface area contributed by atoms with Crippen LogP contribution in [0.2, 0.25) is 0 Å². The number of nitrogens with one attached hydrogen (secondary N) is 3. The van der Waals surface area contributed by atoms with Gasteiger partial charge >= 0.3 is 0 Å². The monoisotopic (exact) mass is 502 g/mol. The molecular formula is C30H23FN6O. The van der Waals surface area contributed by atoms with Gasteiger partial charge in [0.25, 0.3) is 0 Å². The summed E-state index contributed by atoms with van der Waals surface area (Å²) in [5.41, 5.74) is 7.64. The summed E-state index contributed by atoms with van der Waals surface area (Å²) in [5, 5.41) is 12.6. The molecule has 0 saturated heterocycles. The lowest BCUT2D eigenvalue weighted by Crippen LogP contribution is -2.28. The highest BCUT2D eigenvalue weighted by Gasteiger charge is 2.25. The number of anilines is 1. The molecule has 0 atom stereocenters. The zero-order valence-electron chi connectivity index (χ0n) is 20.3. The number of nitrogens with zero attached hydrogens (tertiary/aromatic N) is 3. The topological polar surface area (TPSA) is 99.3 Å². The van der Waals surface area contributed by atoms with Gasteiger partial charge in [-0.15, -0.1) is 0 Å². The maximum absolute atomic E-state index is 13.5. The largest absolute Gasteiger partial charge is 0.353 e. The minimum atomic E-state index is -0.282. The number of aromatic nitrogens is 5. The Kier molecular flexibility index (Phi) is 5.25. The number of fused-ring (bicyclic) bond motifs is 2. The fourth-order valence-corrected chi connectivity index (χ4v) is 5.00. The van der Waals surface area contributed by atoms with Crippen molar-refractivity contribution in [3.05, 3.63) is 85.1 Å². The van der Waals surface area contributed by atoms with Gasteiger partial charge in [0.1, 0.15) is 11.5 Å². The molecule has 38 heavy (non-hydrogen) atoms. The van der Waals surface area contributed by atoms with Crippen molar-refractivity contribution in [1.29, 1.82) is 0 Å². The minimum Gasteiger partial charge on any atom is -0.353 e. The number of benzene rings is 2. The predicted octanol–water partition coefficient (Wildman–Crippen LogP) is 6.71. The van der Waals surface area contributed by atoms with Crippen molar-refractivity contribution in [3.63, 3.8) is 0 Å². The molecule has 3 N–H and O–H groups in total. The Hall–Kier alpha value is -4.85. The van der Waals surface area contributed by atoms with E-state index in [1.165, 1.54) is 12.1 Å². The average molecular weight is 503 g/mol. The summed E-state index contributed by atoms with van der Waals surface area (Å²) in [5.74, 6) is -0.106. The number of carbonyl (C=O) groups is 1. The van der Waals surface area contributed by atoms with Crippen LogP contribution in [0.25, 0.3) is 55.6 Å². The predicted molar refractivity (Wildman–Crippen MR) is 146 cm³/mol. The van der Waals surface area contributed by atoms with Gasteiger partial charge in [-0.3, -0.25) is 19.9 Å². The number of hydrogen-bond acceptors (Lipinski definition) is 4. The molecule has 1 saturated carbocycles. The molecule has 0 bridgehead atoms. The standard InChI is InChI=1S/C30H23FN6O/c31-21-7-4-17(5-8-21)28-24-14-27(35-25(24)10-11-33-28)29-23-13-19(6-9-26(23)36-37-29)20-12-22(16-32-15-20)34-30(38)18-2-1-3-18/h4-16,18,35H,1-3H2,(H,34,38)(H,36,37). The number of pyridine rings is 2. The first-order valence-electron chi connectivity index (χ1n) is 12.6. The third-order valence-electron chi connectivity index (χ3n) is 7.30. The molecule has 0 spiro atoms. The van der Waals surface area contributed by atoms with E-state index in [1.807, 2.05) is 30.3 Å². The van der Waals surface area contributed by atoms with Crippen molar-refractivity contribution in [1.82, 2.24) is 25.1 Å². The summed E-state index contributed by atoms with van der Waals surface area (Å²) in [6.45, 7) is 0. The SMILES string of the molecule is O=C(Nc1cncc(-c2ccc3[nH]nc(-c4cc5c(-c6ccc(F)cc6)nccc5[nH]4)c3c2)c1)C1CCC1. The fraction of sp³-hybridized carbons (Fsp3) is 0.133. The first-order chi connectivity index (χ1) is 18.6. The highest BCUT2D eigenvalue weighted by Crippen LogP contribution is 2.35. The van der Waals surface area contributed by atoms with Crippen LogP contribution in [-0.2, 0) is 4.79 Å². The summed E-state index contributed by atoms with van der Waals surface area (Å²) < 4.78 is 13.5. The Bertz CT molecular complexity index is 1820. The molecule has 6 aromatic rings. The van der Waals surface area contributed by atoms with Crippen LogP contribution in [0.5, 0.6) is 0 Å². The van der Waals surface area contributed by atoms with Gasteiger partial charge < -0.3 is 10.3 Å². The lowest BCUT2D eigenvalue weighted by Gasteiger charge is -2.24. The van der Waals surface area contributed by atoms with Crippen LogP contribution in [0, 0.1) is 11.7 Å². The summed E-state index contributed by atoms with van der Waals surface area (Å²) in [4.78, 5) is 24.8. The third-order valence-corrected chi connectivity index (χ3v) is 7.30. The second kappa shape index (κ2) is 8.92. The lowest BCUT2D eigenvalue weighted by atomic mass is 9.85. The summed E-state index contributed by atoms with van der Waals surface area (Å²) in [6.07, 6.45) is 8.24. The molecule has 7 nitrogen and oxygen atoms in total. The van der Waals surface area contributed by atoms with Crippen LogP contribution < -0.4 is 5.32 Å². The van der Waals surface area contributed by atoms with Gasteiger partial charge in [-0.1, -0.05) is 12.5 Å². The number of amides is 1. The van der Waals surface area contributed by atoms with Gasteiger partial charge in [0.15, 0.2) is 0 Å². The fourth-order valence-electron chi connectivity index (χ4n) is 5.00. The molecule has 8 heteroatoms. The molecule has 0 radical (unpaired) electrons. The molecule has 1 aliphatic carbocycles. The molecule has 186 valence electrons.